The van der Waals surface area contributed by atoms with E-state index in [1.54, 1.807) is 0 Å². The lowest BCUT2D eigenvalue weighted by Gasteiger charge is -2.13. The number of nitrogens with one attached hydrogen (secondary N) is 1. The molecule has 0 fully saturated rings. The fraction of sp³-hybridized carbons (Fsp3) is 0.571. The van der Waals surface area contributed by atoms with Crippen LogP contribution in [0.25, 0.3) is 0 Å². The molecule has 0 aliphatic heterocycles. The summed E-state index contributed by atoms with van der Waals surface area (Å²) in [6, 6.07) is 5.93. The largest absolute Gasteiger partial charge is 0.391 e. The third-order valence-electron chi connectivity index (χ3n) is 2.79. The summed E-state index contributed by atoms with van der Waals surface area (Å²) in [5.74, 6) is 0.620. The zero-order valence-electron chi connectivity index (χ0n) is 12.6. The Bertz CT molecular complexity index is 567. The third kappa shape index (κ3) is 6.69. The zero-order valence-corrected chi connectivity index (χ0v) is 14.2. The van der Waals surface area contributed by atoms with Gasteiger partial charge >= 0.3 is 0 Å². The second kappa shape index (κ2) is 8.03. The summed E-state index contributed by atoms with van der Waals surface area (Å²) in [6.45, 7) is 5.33. The first-order valence-electron chi connectivity index (χ1n) is 6.77. The molecule has 5 nitrogen and oxygen atoms in total. The second-order valence-electron chi connectivity index (χ2n) is 5.46. The molecule has 1 rings (SSSR count). The molecular weight excluding hydrogens is 310 g/mol. The Morgan fingerprint density at radius 3 is 2.24 bits per heavy atom. The Morgan fingerprint density at radius 2 is 1.76 bits per heavy atom. The molecule has 0 aromatic heterocycles. The lowest BCUT2D eigenvalue weighted by atomic mass is 10.2. The van der Waals surface area contributed by atoms with Gasteiger partial charge in [-0.05, 0) is 36.7 Å². The highest BCUT2D eigenvalue weighted by molar-refractivity contribution is 7.90. The molecule has 2 unspecified atom stereocenters. The van der Waals surface area contributed by atoms with E-state index < -0.39 is 26.7 Å². The van der Waals surface area contributed by atoms with E-state index in [9.17, 15) is 17.7 Å². The summed E-state index contributed by atoms with van der Waals surface area (Å²) in [7, 11) is -4.59. The van der Waals surface area contributed by atoms with Crippen LogP contribution in [0, 0.1) is 5.92 Å². The molecular formula is C14H23NO4S2. The van der Waals surface area contributed by atoms with Crippen LogP contribution in [0.1, 0.15) is 13.8 Å². The molecule has 120 valence electrons. The van der Waals surface area contributed by atoms with Gasteiger partial charge in [-0.25, -0.2) is 8.42 Å². The van der Waals surface area contributed by atoms with Crippen LogP contribution in [0.5, 0.6) is 0 Å². The first kappa shape index (κ1) is 18.3. The number of rotatable bonds is 8. The van der Waals surface area contributed by atoms with Crippen molar-refractivity contribution >= 4 is 20.6 Å². The molecule has 21 heavy (non-hydrogen) atoms. The third-order valence-corrected chi connectivity index (χ3v) is 5.41. The van der Waals surface area contributed by atoms with Crippen LogP contribution in [-0.2, 0) is 20.6 Å². The van der Waals surface area contributed by atoms with Gasteiger partial charge in [0.1, 0.15) is 0 Å². The monoisotopic (exact) mass is 333 g/mol. The summed E-state index contributed by atoms with van der Waals surface area (Å²) >= 11 is 0. The second-order valence-corrected chi connectivity index (χ2v) is 8.97. The molecule has 0 saturated heterocycles. The van der Waals surface area contributed by atoms with Crippen molar-refractivity contribution in [2.75, 3.05) is 25.1 Å². The number of benzene rings is 1. The normalized spacial score (nSPS) is 15.1. The SMILES string of the molecule is CC(C)CNCC(O)CS(=O)c1ccc(S(C)(=O)=O)cc1. The van der Waals surface area contributed by atoms with Crippen molar-refractivity contribution in [3.8, 4) is 0 Å². The minimum Gasteiger partial charge on any atom is -0.391 e. The standard InChI is InChI=1S/C14H23NO4S2/c1-11(2)8-15-9-12(16)10-20(17)13-4-6-14(7-5-13)21(3,18)19/h4-7,11-12,15-16H,8-10H2,1-3H3. The van der Waals surface area contributed by atoms with E-state index in [0.717, 1.165) is 12.8 Å². The van der Waals surface area contributed by atoms with Gasteiger partial charge in [0, 0.05) is 17.7 Å². The Balaban J connectivity index is 2.56. The van der Waals surface area contributed by atoms with Crippen molar-refractivity contribution in [2.45, 2.75) is 29.7 Å². The summed E-state index contributed by atoms with van der Waals surface area (Å²) in [5, 5.41) is 12.9. The molecule has 0 spiro atoms. The Hall–Kier alpha value is -0.760. The fourth-order valence-electron chi connectivity index (χ4n) is 1.71. The molecule has 0 heterocycles. The Labute approximate surface area is 129 Å². The average Bonchev–Trinajstić information content (AvgIpc) is 2.37. The highest BCUT2D eigenvalue weighted by Gasteiger charge is 2.13. The maximum Gasteiger partial charge on any atom is 0.175 e. The Morgan fingerprint density at radius 1 is 1.19 bits per heavy atom. The van der Waals surface area contributed by atoms with Crippen LogP contribution >= 0.6 is 0 Å². The predicted octanol–water partition coefficient (Wildman–Crippen LogP) is 0.804. The van der Waals surface area contributed by atoms with Crippen molar-refractivity contribution in [2.24, 2.45) is 5.92 Å². The Kier molecular flexibility index (Phi) is 6.99. The average molecular weight is 333 g/mol. The lowest BCUT2D eigenvalue weighted by Crippen LogP contribution is -2.33. The molecule has 0 aliphatic rings. The highest BCUT2D eigenvalue weighted by atomic mass is 32.2. The molecule has 0 radical (unpaired) electrons. The van der Waals surface area contributed by atoms with Crippen LogP contribution in [-0.4, -0.2) is 48.9 Å². The molecule has 2 atom stereocenters. The van der Waals surface area contributed by atoms with Gasteiger partial charge in [0.2, 0.25) is 0 Å². The van der Waals surface area contributed by atoms with Crippen LogP contribution in [0.2, 0.25) is 0 Å². The van der Waals surface area contributed by atoms with Gasteiger partial charge in [-0.15, -0.1) is 0 Å². The van der Waals surface area contributed by atoms with E-state index in [1.165, 1.54) is 24.3 Å². The summed E-state index contributed by atoms with van der Waals surface area (Å²) in [5.41, 5.74) is 0. The number of aliphatic hydroxyl groups is 1. The van der Waals surface area contributed by atoms with Crippen LogP contribution < -0.4 is 5.32 Å². The van der Waals surface area contributed by atoms with Gasteiger partial charge in [0.25, 0.3) is 0 Å². The molecule has 0 aliphatic carbocycles. The molecule has 2 N–H and O–H groups in total. The summed E-state index contributed by atoms with van der Waals surface area (Å²) in [4.78, 5) is 0.715. The van der Waals surface area contributed by atoms with Crippen molar-refractivity contribution in [1.82, 2.24) is 5.32 Å². The number of hydrogen-bond donors (Lipinski definition) is 2. The van der Waals surface area contributed by atoms with E-state index >= 15 is 0 Å². The summed E-state index contributed by atoms with van der Waals surface area (Å²) < 4.78 is 34.8. The molecule has 7 heteroatoms. The van der Waals surface area contributed by atoms with E-state index in [1.807, 2.05) is 0 Å². The van der Waals surface area contributed by atoms with Gasteiger partial charge < -0.3 is 10.4 Å². The van der Waals surface area contributed by atoms with Crippen LogP contribution in [0.4, 0.5) is 0 Å². The first-order chi connectivity index (χ1) is 9.70. The molecule has 0 bridgehead atoms. The minimum atomic E-state index is -3.25. The lowest BCUT2D eigenvalue weighted by molar-refractivity contribution is 0.193. The fourth-order valence-corrected chi connectivity index (χ4v) is 3.44. The molecule has 0 amide bonds. The topological polar surface area (TPSA) is 83.5 Å². The van der Waals surface area contributed by atoms with Crippen LogP contribution in [0.3, 0.4) is 0 Å². The maximum atomic E-state index is 12.1. The molecule has 0 saturated carbocycles. The number of aliphatic hydroxyl groups excluding tert-OH is 1. The van der Waals surface area contributed by atoms with E-state index in [0.29, 0.717) is 17.4 Å². The maximum absolute atomic E-state index is 12.1. The van der Waals surface area contributed by atoms with E-state index in [4.69, 9.17) is 0 Å². The van der Waals surface area contributed by atoms with Crippen LogP contribution in [0.15, 0.2) is 34.1 Å². The van der Waals surface area contributed by atoms with Gasteiger partial charge in [-0.1, -0.05) is 13.8 Å². The van der Waals surface area contributed by atoms with Crippen molar-refractivity contribution in [3.05, 3.63) is 24.3 Å². The van der Waals surface area contributed by atoms with E-state index in [2.05, 4.69) is 19.2 Å². The number of sulfone groups is 1. The molecule has 1 aromatic carbocycles. The van der Waals surface area contributed by atoms with Gasteiger partial charge in [-0.3, -0.25) is 4.21 Å². The van der Waals surface area contributed by atoms with Gasteiger partial charge in [0.15, 0.2) is 9.84 Å². The van der Waals surface area contributed by atoms with Gasteiger partial charge in [0.05, 0.1) is 27.6 Å². The predicted molar refractivity (Wildman–Crippen MR) is 84.5 cm³/mol. The zero-order chi connectivity index (χ0) is 16.0. The molecule has 1 aromatic rings. The van der Waals surface area contributed by atoms with E-state index in [-0.39, 0.29) is 10.6 Å². The highest BCUT2D eigenvalue weighted by Crippen LogP contribution is 2.13. The van der Waals surface area contributed by atoms with Crippen molar-refractivity contribution in [1.29, 1.82) is 0 Å². The quantitative estimate of drug-likeness (QED) is 0.735. The first-order valence-corrected chi connectivity index (χ1v) is 9.98. The summed E-state index contributed by atoms with van der Waals surface area (Å²) in [6.07, 6.45) is 0.433. The van der Waals surface area contributed by atoms with Crippen molar-refractivity contribution < 1.29 is 17.7 Å². The van der Waals surface area contributed by atoms with Gasteiger partial charge in [-0.2, -0.15) is 0 Å². The van der Waals surface area contributed by atoms with Crippen molar-refractivity contribution in [3.63, 3.8) is 0 Å². The number of hydrogen-bond acceptors (Lipinski definition) is 5. The smallest absolute Gasteiger partial charge is 0.175 e. The minimum absolute atomic E-state index is 0.128.